The van der Waals surface area contributed by atoms with Crippen LogP contribution in [0.3, 0.4) is 0 Å². The number of aryl methyl sites for hydroxylation is 1. The highest BCUT2D eigenvalue weighted by atomic mass is 79.9. The van der Waals surface area contributed by atoms with Gasteiger partial charge in [-0.1, -0.05) is 0 Å². The lowest BCUT2D eigenvalue weighted by Gasteiger charge is -2.01. The molecule has 15 heavy (non-hydrogen) atoms. The summed E-state index contributed by atoms with van der Waals surface area (Å²) in [4.78, 5) is 5.70. The fourth-order valence-corrected chi connectivity index (χ4v) is 2.96. The van der Waals surface area contributed by atoms with Gasteiger partial charge in [0.2, 0.25) is 0 Å². The first-order valence-corrected chi connectivity index (χ1v) is 6.27. The fourth-order valence-electron chi connectivity index (χ4n) is 1.52. The van der Waals surface area contributed by atoms with Gasteiger partial charge in [0.15, 0.2) is 0 Å². The van der Waals surface area contributed by atoms with E-state index in [1.165, 1.54) is 0 Å². The molecule has 0 unspecified atom stereocenters. The van der Waals surface area contributed by atoms with Crippen LogP contribution in [0.1, 0.15) is 11.5 Å². The molecule has 2 N–H and O–H groups in total. The Bertz CT molecular complexity index is 487. The minimum atomic E-state index is 0.516. The molecular formula is C10H12BrN3S. The largest absolute Gasteiger partial charge is 0.334 e. The van der Waals surface area contributed by atoms with Gasteiger partial charge >= 0.3 is 0 Å². The minimum absolute atomic E-state index is 0.516. The summed E-state index contributed by atoms with van der Waals surface area (Å²) in [5.41, 5.74) is 7.83. The van der Waals surface area contributed by atoms with Crippen molar-refractivity contribution in [3.63, 3.8) is 0 Å². The lowest BCUT2D eigenvalue weighted by molar-refractivity contribution is 0.789. The molecule has 0 saturated heterocycles. The first-order valence-electron chi connectivity index (χ1n) is 4.60. The van der Waals surface area contributed by atoms with Crippen molar-refractivity contribution >= 4 is 27.3 Å². The second-order valence-corrected chi connectivity index (χ2v) is 5.17. The quantitative estimate of drug-likeness (QED) is 0.922. The molecule has 0 radical (unpaired) electrons. The number of hydrogen-bond acceptors (Lipinski definition) is 3. The van der Waals surface area contributed by atoms with Crippen molar-refractivity contribution in [1.29, 1.82) is 0 Å². The van der Waals surface area contributed by atoms with Gasteiger partial charge in [0.25, 0.3) is 0 Å². The molecular weight excluding hydrogens is 274 g/mol. The third kappa shape index (κ3) is 1.87. The highest BCUT2D eigenvalue weighted by Gasteiger charge is 2.13. The normalized spacial score (nSPS) is 10.9. The molecule has 3 nitrogen and oxygen atoms in total. The Morgan fingerprint density at radius 1 is 1.60 bits per heavy atom. The van der Waals surface area contributed by atoms with E-state index in [4.69, 9.17) is 5.73 Å². The fraction of sp³-hybridized carbons (Fsp3) is 0.300. The van der Waals surface area contributed by atoms with E-state index < -0.39 is 0 Å². The molecule has 0 aliphatic rings. The maximum absolute atomic E-state index is 5.74. The predicted octanol–water partition coefficient (Wildman–Crippen LogP) is 2.68. The maximum atomic E-state index is 5.74. The molecule has 0 fully saturated rings. The van der Waals surface area contributed by atoms with Crippen molar-refractivity contribution in [3.05, 3.63) is 27.4 Å². The van der Waals surface area contributed by atoms with Gasteiger partial charge in [-0.25, -0.2) is 4.98 Å². The molecule has 5 heteroatoms. The van der Waals surface area contributed by atoms with Crippen LogP contribution in [-0.4, -0.2) is 9.55 Å². The van der Waals surface area contributed by atoms with Crippen molar-refractivity contribution in [2.45, 2.75) is 13.5 Å². The predicted molar refractivity (Wildman–Crippen MR) is 66.8 cm³/mol. The first kappa shape index (κ1) is 10.9. The van der Waals surface area contributed by atoms with Crippen molar-refractivity contribution in [2.75, 3.05) is 0 Å². The molecule has 2 heterocycles. The number of nitrogens with zero attached hydrogens (tertiary/aromatic N) is 2. The van der Waals surface area contributed by atoms with Crippen LogP contribution < -0.4 is 5.73 Å². The number of nitrogens with two attached hydrogens (primary N) is 1. The van der Waals surface area contributed by atoms with Crippen molar-refractivity contribution in [1.82, 2.24) is 9.55 Å². The summed E-state index contributed by atoms with van der Waals surface area (Å²) in [6.45, 7) is 2.51. The third-order valence-corrected chi connectivity index (χ3v) is 4.13. The Hall–Kier alpha value is -0.650. The Labute approximate surface area is 101 Å². The van der Waals surface area contributed by atoms with E-state index in [1.54, 1.807) is 11.3 Å². The summed E-state index contributed by atoms with van der Waals surface area (Å²) in [6, 6.07) is 2.08. The maximum Gasteiger partial charge on any atom is 0.106 e. The summed E-state index contributed by atoms with van der Waals surface area (Å²) in [5, 5.41) is 2.06. The third-order valence-electron chi connectivity index (χ3n) is 2.43. The van der Waals surface area contributed by atoms with Gasteiger partial charge < -0.3 is 10.3 Å². The van der Waals surface area contributed by atoms with Gasteiger partial charge in [0, 0.05) is 23.4 Å². The molecule has 2 aromatic rings. The second-order valence-electron chi connectivity index (χ2n) is 3.35. The van der Waals surface area contributed by atoms with Crippen LogP contribution in [0.25, 0.3) is 10.6 Å². The molecule has 0 aliphatic heterocycles. The van der Waals surface area contributed by atoms with Crippen LogP contribution >= 0.6 is 27.3 Å². The molecule has 0 aromatic carbocycles. The van der Waals surface area contributed by atoms with Crippen LogP contribution in [0.4, 0.5) is 0 Å². The molecule has 0 amide bonds. The first-order chi connectivity index (χ1) is 7.13. The van der Waals surface area contributed by atoms with E-state index >= 15 is 0 Å². The number of aromatic nitrogens is 2. The average molecular weight is 286 g/mol. The minimum Gasteiger partial charge on any atom is -0.334 e. The number of rotatable bonds is 2. The highest BCUT2D eigenvalue weighted by molar-refractivity contribution is 9.10. The van der Waals surface area contributed by atoms with Gasteiger partial charge in [-0.3, -0.25) is 0 Å². The zero-order valence-corrected chi connectivity index (χ0v) is 11.0. The van der Waals surface area contributed by atoms with Crippen LogP contribution in [0.15, 0.2) is 15.9 Å². The Kier molecular flexibility index (Phi) is 2.95. The van der Waals surface area contributed by atoms with Crippen LogP contribution in [0, 0.1) is 6.92 Å². The van der Waals surface area contributed by atoms with Gasteiger partial charge in [-0.05, 0) is 28.9 Å². The van der Waals surface area contributed by atoms with E-state index in [-0.39, 0.29) is 0 Å². The van der Waals surface area contributed by atoms with E-state index in [9.17, 15) is 0 Å². The molecule has 0 spiro atoms. The summed E-state index contributed by atoms with van der Waals surface area (Å²) in [5.74, 6) is 0.995. The monoisotopic (exact) mass is 285 g/mol. The number of halogens is 1. The number of imidazole rings is 1. The average Bonchev–Trinajstić information content (AvgIpc) is 2.73. The summed E-state index contributed by atoms with van der Waals surface area (Å²) < 4.78 is 3.14. The standard InChI is InChI=1S/C10H12BrN3S/c1-6-13-10(8(4-12)14(6)2)9-3-7(11)5-15-9/h3,5H,4,12H2,1-2H3. The molecule has 80 valence electrons. The molecule has 0 atom stereocenters. The highest BCUT2D eigenvalue weighted by Crippen LogP contribution is 2.31. The van der Waals surface area contributed by atoms with Crippen LogP contribution in [0.2, 0.25) is 0 Å². The number of thiophene rings is 1. The molecule has 0 aliphatic carbocycles. The van der Waals surface area contributed by atoms with Crippen molar-refractivity contribution < 1.29 is 0 Å². The van der Waals surface area contributed by atoms with Gasteiger partial charge in [0.05, 0.1) is 10.6 Å². The lowest BCUT2D eigenvalue weighted by Crippen LogP contribution is -2.05. The van der Waals surface area contributed by atoms with Gasteiger partial charge in [-0.15, -0.1) is 11.3 Å². The van der Waals surface area contributed by atoms with E-state index in [0.717, 1.165) is 26.6 Å². The Morgan fingerprint density at radius 2 is 2.33 bits per heavy atom. The summed E-state index contributed by atoms with van der Waals surface area (Å²) >= 11 is 5.12. The zero-order chi connectivity index (χ0) is 11.0. The SMILES string of the molecule is Cc1nc(-c2cc(Br)cs2)c(CN)n1C. The summed E-state index contributed by atoms with van der Waals surface area (Å²) in [7, 11) is 2.00. The van der Waals surface area contributed by atoms with Crippen LogP contribution in [-0.2, 0) is 13.6 Å². The van der Waals surface area contributed by atoms with Crippen molar-refractivity contribution in [2.24, 2.45) is 12.8 Å². The summed E-state index contributed by atoms with van der Waals surface area (Å²) in [6.07, 6.45) is 0. The Morgan fingerprint density at radius 3 is 2.87 bits per heavy atom. The number of hydrogen-bond donors (Lipinski definition) is 1. The molecule has 0 bridgehead atoms. The molecule has 2 aromatic heterocycles. The molecule has 0 saturated carbocycles. The van der Waals surface area contributed by atoms with Crippen LogP contribution in [0.5, 0.6) is 0 Å². The van der Waals surface area contributed by atoms with Gasteiger partial charge in [-0.2, -0.15) is 0 Å². The second kappa shape index (κ2) is 4.08. The zero-order valence-electron chi connectivity index (χ0n) is 8.62. The topological polar surface area (TPSA) is 43.8 Å². The van der Waals surface area contributed by atoms with Crippen molar-refractivity contribution in [3.8, 4) is 10.6 Å². The smallest absolute Gasteiger partial charge is 0.106 e. The van der Waals surface area contributed by atoms with E-state index in [0.29, 0.717) is 6.54 Å². The molecule has 2 rings (SSSR count). The van der Waals surface area contributed by atoms with Gasteiger partial charge in [0.1, 0.15) is 11.5 Å². The Balaban J connectivity index is 2.57. The van der Waals surface area contributed by atoms with E-state index in [1.807, 2.05) is 18.5 Å². The lowest BCUT2D eigenvalue weighted by atomic mass is 10.3. The van der Waals surface area contributed by atoms with E-state index in [2.05, 4.69) is 32.4 Å².